The fraction of sp³-hybridized carbons (Fsp3) is 0.941. The molecule has 3 aliphatic rings. The smallest absolute Gasteiger partial charge is 0.310 e. The van der Waals surface area contributed by atoms with Gasteiger partial charge in [0.05, 0.1) is 5.92 Å². The van der Waals surface area contributed by atoms with Gasteiger partial charge in [0.25, 0.3) is 0 Å². The van der Waals surface area contributed by atoms with Crippen molar-refractivity contribution >= 4 is 5.97 Å². The molecular formula is C17H29NO3. The third kappa shape index (κ3) is 2.61. The van der Waals surface area contributed by atoms with E-state index in [1.54, 1.807) is 0 Å². The van der Waals surface area contributed by atoms with Crippen molar-refractivity contribution in [3.8, 4) is 0 Å². The summed E-state index contributed by atoms with van der Waals surface area (Å²) in [5.41, 5.74) is 0.250. The lowest BCUT2D eigenvalue weighted by atomic mass is 9.53. The molecule has 0 aromatic heterocycles. The number of esters is 1. The Morgan fingerprint density at radius 3 is 2.86 bits per heavy atom. The summed E-state index contributed by atoms with van der Waals surface area (Å²) in [5.74, 6) is 1.35. The highest BCUT2D eigenvalue weighted by molar-refractivity contribution is 5.75. The maximum atomic E-state index is 12.2. The van der Waals surface area contributed by atoms with Crippen LogP contribution >= 0.6 is 0 Å². The monoisotopic (exact) mass is 295 g/mol. The molecule has 0 bridgehead atoms. The minimum absolute atomic E-state index is 0.00138. The summed E-state index contributed by atoms with van der Waals surface area (Å²) >= 11 is 0. The lowest BCUT2D eigenvalue weighted by Gasteiger charge is -2.52. The zero-order valence-electron chi connectivity index (χ0n) is 13.5. The Kier molecular flexibility index (Phi) is 4.04. The Bertz CT molecular complexity index is 411. The van der Waals surface area contributed by atoms with Crippen molar-refractivity contribution in [1.82, 2.24) is 4.90 Å². The molecule has 0 aromatic rings. The molecule has 3 fully saturated rings. The normalized spacial score (nSPS) is 46.1. The van der Waals surface area contributed by atoms with Gasteiger partial charge in [0.2, 0.25) is 0 Å². The molecule has 6 atom stereocenters. The highest BCUT2D eigenvalue weighted by Crippen LogP contribution is 2.57. The van der Waals surface area contributed by atoms with Gasteiger partial charge in [-0.25, -0.2) is 0 Å². The molecule has 2 saturated carbocycles. The third-order valence-electron chi connectivity index (χ3n) is 6.34. The van der Waals surface area contributed by atoms with Crippen LogP contribution in [0.25, 0.3) is 0 Å². The van der Waals surface area contributed by atoms with E-state index >= 15 is 0 Å². The number of aliphatic hydroxyl groups is 1. The summed E-state index contributed by atoms with van der Waals surface area (Å²) in [7, 11) is 4.04. The second-order valence-corrected chi connectivity index (χ2v) is 8.04. The molecule has 1 heterocycles. The molecule has 21 heavy (non-hydrogen) atoms. The number of fused-ring (bicyclic) bond motifs is 2. The summed E-state index contributed by atoms with van der Waals surface area (Å²) < 4.78 is 5.73. The third-order valence-corrected chi connectivity index (χ3v) is 6.34. The van der Waals surface area contributed by atoms with Crippen LogP contribution in [-0.2, 0) is 9.53 Å². The molecule has 2 aliphatic carbocycles. The van der Waals surface area contributed by atoms with E-state index < -0.39 is 0 Å². The van der Waals surface area contributed by atoms with Crippen molar-refractivity contribution in [2.75, 3.05) is 27.2 Å². The zero-order chi connectivity index (χ0) is 15.2. The maximum Gasteiger partial charge on any atom is 0.310 e. The highest BCUT2D eigenvalue weighted by atomic mass is 16.6. The molecule has 0 aromatic carbocycles. The zero-order valence-corrected chi connectivity index (χ0v) is 13.5. The van der Waals surface area contributed by atoms with E-state index in [4.69, 9.17) is 4.74 Å². The Balaban J connectivity index is 1.81. The van der Waals surface area contributed by atoms with Gasteiger partial charge in [-0.2, -0.15) is 0 Å². The molecule has 0 radical (unpaired) electrons. The molecule has 4 nitrogen and oxygen atoms in total. The highest BCUT2D eigenvalue weighted by Gasteiger charge is 2.56. The first-order valence-corrected chi connectivity index (χ1v) is 8.40. The van der Waals surface area contributed by atoms with E-state index in [0.717, 1.165) is 25.8 Å². The molecule has 3 rings (SSSR count). The summed E-state index contributed by atoms with van der Waals surface area (Å²) in [6.45, 7) is 3.43. The second kappa shape index (κ2) is 5.54. The Hall–Kier alpha value is -0.610. The van der Waals surface area contributed by atoms with E-state index in [1.165, 1.54) is 12.8 Å². The summed E-state index contributed by atoms with van der Waals surface area (Å²) in [4.78, 5) is 14.3. The molecule has 4 heteroatoms. The lowest BCUT2D eigenvalue weighted by molar-refractivity contribution is -0.147. The van der Waals surface area contributed by atoms with Gasteiger partial charge < -0.3 is 14.7 Å². The predicted molar refractivity (Wildman–Crippen MR) is 80.7 cm³/mol. The SMILES string of the molecule is CN(C)C[C@@H]1C(=O)O[C@@H]2CC3(C)CCCC(CO)C3C[C@H]12. The van der Waals surface area contributed by atoms with Crippen LogP contribution in [0.1, 0.15) is 39.0 Å². The van der Waals surface area contributed by atoms with E-state index in [-0.39, 0.29) is 23.4 Å². The number of carbonyl (C=O) groups excluding carboxylic acids is 1. The molecule has 1 aliphatic heterocycles. The number of carbonyl (C=O) groups is 1. The Morgan fingerprint density at radius 2 is 2.19 bits per heavy atom. The van der Waals surface area contributed by atoms with Crippen LogP contribution in [0.4, 0.5) is 0 Å². The quantitative estimate of drug-likeness (QED) is 0.808. The van der Waals surface area contributed by atoms with Gasteiger partial charge >= 0.3 is 5.97 Å². The van der Waals surface area contributed by atoms with Gasteiger partial charge in [-0.3, -0.25) is 4.79 Å². The molecule has 0 spiro atoms. The van der Waals surface area contributed by atoms with Crippen LogP contribution in [0.2, 0.25) is 0 Å². The van der Waals surface area contributed by atoms with Crippen molar-refractivity contribution in [2.24, 2.45) is 29.1 Å². The predicted octanol–water partition coefficient (Wildman–Crippen LogP) is 1.91. The minimum Gasteiger partial charge on any atom is -0.462 e. The van der Waals surface area contributed by atoms with E-state index in [0.29, 0.717) is 24.4 Å². The first kappa shape index (κ1) is 15.3. The van der Waals surface area contributed by atoms with Crippen LogP contribution in [0.15, 0.2) is 0 Å². The van der Waals surface area contributed by atoms with Crippen LogP contribution < -0.4 is 0 Å². The lowest BCUT2D eigenvalue weighted by Crippen LogP contribution is -2.48. The minimum atomic E-state index is 0.00138. The van der Waals surface area contributed by atoms with E-state index in [9.17, 15) is 9.90 Å². The largest absolute Gasteiger partial charge is 0.462 e. The summed E-state index contributed by atoms with van der Waals surface area (Å²) in [6, 6.07) is 0. The fourth-order valence-electron chi connectivity index (χ4n) is 5.30. The Morgan fingerprint density at radius 1 is 1.43 bits per heavy atom. The van der Waals surface area contributed by atoms with Gasteiger partial charge in [0.1, 0.15) is 6.10 Å². The van der Waals surface area contributed by atoms with E-state index in [1.807, 2.05) is 14.1 Å². The Labute approximate surface area is 127 Å². The van der Waals surface area contributed by atoms with Crippen molar-refractivity contribution in [2.45, 2.75) is 45.1 Å². The van der Waals surface area contributed by atoms with E-state index in [2.05, 4.69) is 11.8 Å². The number of aliphatic hydroxyl groups excluding tert-OH is 1. The molecule has 0 amide bonds. The van der Waals surface area contributed by atoms with Gasteiger partial charge in [-0.05, 0) is 57.0 Å². The number of hydrogen-bond acceptors (Lipinski definition) is 4. The van der Waals surface area contributed by atoms with Gasteiger partial charge in [0, 0.05) is 19.1 Å². The average Bonchev–Trinajstić information content (AvgIpc) is 2.69. The molecular weight excluding hydrogens is 266 g/mol. The molecule has 3 unspecified atom stereocenters. The topological polar surface area (TPSA) is 49.8 Å². The molecule has 120 valence electrons. The van der Waals surface area contributed by atoms with Gasteiger partial charge in [0.15, 0.2) is 0 Å². The van der Waals surface area contributed by atoms with Crippen LogP contribution in [0.5, 0.6) is 0 Å². The van der Waals surface area contributed by atoms with Gasteiger partial charge in [-0.15, -0.1) is 0 Å². The standard InChI is InChI=1S/C17H29NO3/c1-17-6-4-5-11(10-19)14(17)7-12-13(9-18(2)3)16(20)21-15(12)8-17/h11-15,19H,4-10H2,1-3H3/t11?,12-,13+,14?,15-,17?/m1/s1. The van der Waals surface area contributed by atoms with Crippen molar-refractivity contribution in [3.05, 3.63) is 0 Å². The number of rotatable bonds is 3. The maximum absolute atomic E-state index is 12.2. The number of hydrogen-bond donors (Lipinski definition) is 1. The van der Waals surface area contributed by atoms with Gasteiger partial charge in [-0.1, -0.05) is 13.3 Å². The average molecular weight is 295 g/mol. The summed E-state index contributed by atoms with van der Waals surface area (Å²) in [6.07, 6.45) is 5.71. The first-order valence-electron chi connectivity index (χ1n) is 8.40. The fourth-order valence-corrected chi connectivity index (χ4v) is 5.30. The van der Waals surface area contributed by atoms with Crippen LogP contribution in [0.3, 0.4) is 0 Å². The number of nitrogens with zero attached hydrogens (tertiary/aromatic N) is 1. The first-order chi connectivity index (χ1) is 9.94. The molecule has 1 saturated heterocycles. The summed E-state index contributed by atoms with van der Waals surface area (Å²) in [5, 5.41) is 9.74. The van der Waals surface area contributed by atoms with Crippen molar-refractivity contribution < 1.29 is 14.6 Å². The van der Waals surface area contributed by atoms with Crippen LogP contribution in [-0.4, -0.2) is 49.3 Å². The van der Waals surface area contributed by atoms with Crippen molar-refractivity contribution in [1.29, 1.82) is 0 Å². The second-order valence-electron chi connectivity index (χ2n) is 8.04. The molecule has 1 N–H and O–H groups in total. The number of ether oxygens (including phenoxy) is 1. The van der Waals surface area contributed by atoms with Crippen LogP contribution in [0, 0.1) is 29.1 Å². The van der Waals surface area contributed by atoms with Crippen molar-refractivity contribution in [3.63, 3.8) is 0 Å².